The molecule has 0 amide bonds. The van der Waals surface area contributed by atoms with E-state index in [0.29, 0.717) is 0 Å². The van der Waals surface area contributed by atoms with Crippen LogP contribution in [0, 0.1) is 6.92 Å². The van der Waals surface area contributed by atoms with Gasteiger partial charge in [-0.1, -0.05) is 66.2 Å². The number of benzene rings is 3. The average Bonchev–Trinajstić information content (AvgIpc) is 3.04. The molecule has 0 fully saturated rings. The molecule has 4 rings (SSSR count). The predicted octanol–water partition coefficient (Wildman–Crippen LogP) is 4.55. The number of hydrogen-bond donors (Lipinski definition) is 1. The highest BCUT2D eigenvalue weighted by Crippen LogP contribution is 2.31. The molecule has 1 atom stereocenters. The smallest absolute Gasteiger partial charge is 0.241 e. The van der Waals surface area contributed by atoms with E-state index in [-0.39, 0.29) is 4.90 Å². The van der Waals surface area contributed by atoms with Crippen LogP contribution in [-0.2, 0) is 17.1 Å². The summed E-state index contributed by atoms with van der Waals surface area (Å²) in [4.78, 5) is 0.263. The maximum absolute atomic E-state index is 13.1. The van der Waals surface area contributed by atoms with Crippen molar-refractivity contribution in [1.29, 1.82) is 0 Å². The SMILES string of the molecule is Cc1ccc(S(=O)(=O)N[C@H](c2ccccc2)c2cn(C)c3ccccc23)cc1. The van der Waals surface area contributed by atoms with Gasteiger partial charge in [0.25, 0.3) is 0 Å². The van der Waals surface area contributed by atoms with Gasteiger partial charge >= 0.3 is 0 Å². The van der Waals surface area contributed by atoms with Crippen LogP contribution in [0.3, 0.4) is 0 Å². The van der Waals surface area contributed by atoms with Gasteiger partial charge in [-0.25, -0.2) is 8.42 Å². The number of nitrogens with zero attached hydrogens (tertiary/aromatic N) is 1. The van der Waals surface area contributed by atoms with Crippen LogP contribution in [0.1, 0.15) is 22.7 Å². The second kappa shape index (κ2) is 7.26. The molecule has 0 aliphatic rings. The summed E-state index contributed by atoms with van der Waals surface area (Å²) >= 11 is 0. The molecular weight excluding hydrogens is 368 g/mol. The Bertz CT molecular complexity index is 1210. The highest BCUT2D eigenvalue weighted by molar-refractivity contribution is 7.89. The zero-order valence-electron chi connectivity index (χ0n) is 15.8. The molecule has 0 aliphatic heterocycles. The number of nitrogens with one attached hydrogen (secondary N) is 1. The lowest BCUT2D eigenvalue weighted by molar-refractivity contribution is 0.572. The molecule has 0 spiro atoms. The Hall–Kier alpha value is -2.89. The largest absolute Gasteiger partial charge is 0.350 e. The van der Waals surface area contributed by atoms with Crippen LogP contribution in [0.4, 0.5) is 0 Å². The van der Waals surface area contributed by atoms with Crippen LogP contribution in [-0.4, -0.2) is 13.0 Å². The first kappa shape index (κ1) is 18.5. The summed E-state index contributed by atoms with van der Waals surface area (Å²) in [6.07, 6.45) is 2.00. The lowest BCUT2D eigenvalue weighted by Gasteiger charge is -2.19. The summed E-state index contributed by atoms with van der Waals surface area (Å²) in [5.74, 6) is 0. The van der Waals surface area contributed by atoms with Gasteiger partial charge in [0.2, 0.25) is 10.0 Å². The van der Waals surface area contributed by atoms with E-state index in [2.05, 4.69) is 4.72 Å². The van der Waals surface area contributed by atoms with Crippen LogP contribution in [0.5, 0.6) is 0 Å². The topological polar surface area (TPSA) is 51.1 Å². The van der Waals surface area contributed by atoms with E-state index in [1.54, 1.807) is 12.1 Å². The van der Waals surface area contributed by atoms with Crippen molar-refractivity contribution in [2.45, 2.75) is 17.9 Å². The van der Waals surface area contributed by atoms with Crippen molar-refractivity contribution in [3.05, 3.63) is 102 Å². The Labute approximate surface area is 165 Å². The quantitative estimate of drug-likeness (QED) is 0.543. The number of para-hydroxylation sites is 1. The van der Waals surface area contributed by atoms with Crippen LogP contribution in [0.25, 0.3) is 10.9 Å². The van der Waals surface area contributed by atoms with Gasteiger partial charge in [-0.3, -0.25) is 0 Å². The van der Waals surface area contributed by atoms with E-state index < -0.39 is 16.1 Å². The normalized spacial score (nSPS) is 12.9. The molecule has 142 valence electrons. The van der Waals surface area contributed by atoms with E-state index in [1.807, 2.05) is 91.5 Å². The van der Waals surface area contributed by atoms with Crippen molar-refractivity contribution in [1.82, 2.24) is 9.29 Å². The van der Waals surface area contributed by atoms with Crippen LogP contribution >= 0.6 is 0 Å². The number of sulfonamides is 1. The Morgan fingerprint density at radius 2 is 1.50 bits per heavy atom. The molecule has 3 aromatic carbocycles. The summed E-state index contributed by atoms with van der Waals surface area (Å²) in [6, 6.07) is 24.1. The molecule has 0 aliphatic carbocycles. The van der Waals surface area contributed by atoms with Crippen molar-refractivity contribution in [2.75, 3.05) is 0 Å². The lowest BCUT2D eigenvalue weighted by atomic mass is 9.99. The minimum Gasteiger partial charge on any atom is -0.350 e. The van der Waals surface area contributed by atoms with Crippen molar-refractivity contribution < 1.29 is 8.42 Å². The second-order valence-corrected chi connectivity index (χ2v) is 8.70. The highest BCUT2D eigenvalue weighted by atomic mass is 32.2. The van der Waals surface area contributed by atoms with Gasteiger partial charge in [0.1, 0.15) is 0 Å². The molecular formula is C23H22N2O2S. The van der Waals surface area contributed by atoms with E-state index in [9.17, 15) is 8.42 Å². The number of aryl methyl sites for hydroxylation is 2. The minimum absolute atomic E-state index is 0.263. The molecule has 0 saturated carbocycles. The molecule has 0 saturated heterocycles. The fourth-order valence-corrected chi connectivity index (χ4v) is 4.70. The minimum atomic E-state index is -3.69. The van der Waals surface area contributed by atoms with Gasteiger partial charge < -0.3 is 4.57 Å². The van der Waals surface area contributed by atoms with E-state index in [0.717, 1.165) is 27.6 Å². The number of rotatable bonds is 5. The second-order valence-electron chi connectivity index (χ2n) is 6.99. The van der Waals surface area contributed by atoms with E-state index in [4.69, 9.17) is 0 Å². The molecule has 0 unspecified atom stereocenters. The maximum Gasteiger partial charge on any atom is 0.241 e. The van der Waals surface area contributed by atoms with Crippen LogP contribution < -0.4 is 4.72 Å². The molecule has 1 aromatic heterocycles. The standard InChI is InChI=1S/C23H22N2O2S/c1-17-12-14-19(15-13-17)28(26,27)24-23(18-8-4-3-5-9-18)21-16-25(2)22-11-7-6-10-20(21)22/h3-16,23-24H,1-2H3/t23-/m1/s1. The summed E-state index contributed by atoms with van der Waals surface area (Å²) in [6.45, 7) is 1.94. The molecule has 0 bridgehead atoms. The third-order valence-electron chi connectivity index (χ3n) is 4.98. The summed E-state index contributed by atoms with van der Waals surface area (Å²) in [7, 11) is -1.72. The fraction of sp³-hybridized carbons (Fsp3) is 0.130. The molecule has 4 nitrogen and oxygen atoms in total. The maximum atomic E-state index is 13.1. The van der Waals surface area contributed by atoms with Crippen molar-refractivity contribution >= 4 is 20.9 Å². The van der Waals surface area contributed by atoms with Gasteiger partial charge in [0.05, 0.1) is 10.9 Å². The first-order valence-electron chi connectivity index (χ1n) is 9.13. The Morgan fingerprint density at radius 3 is 2.21 bits per heavy atom. The number of fused-ring (bicyclic) bond motifs is 1. The third-order valence-corrected chi connectivity index (χ3v) is 6.41. The fourth-order valence-electron chi connectivity index (χ4n) is 3.50. The van der Waals surface area contributed by atoms with Gasteiger partial charge in [-0.15, -0.1) is 0 Å². The lowest BCUT2D eigenvalue weighted by Crippen LogP contribution is -2.29. The predicted molar refractivity (Wildman–Crippen MR) is 113 cm³/mol. The molecule has 1 N–H and O–H groups in total. The third kappa shape index (κ3) is 3.46. The first-order chi connectivity index (χ1) is 13.5. The van der Waals surface area contributed by atoms with Crippen LogP contribution in [0.15, 0.2) is 90.0 Å². The van der Waals surface area contributed by atoms with Crippen molar-refractivity contribution in [3.8, 4) is 0 Å². The average molecular weight is 391 g/mol. The molecule has 1 heterocycles. The molecule has 5 heteroatoms. The monoisotopic (exact) mass is 390 g/mol. The summed E-state index contributed by atoms with van der Waals surface area (Å²) in [5, 5.41) is 1.03. The zero-order chi connectivity index (χ0) is 19.7. The van der Waals surface area contributed by atoms with Gasteiger partial charge in [-0.05, 0) is 30.7 Å². The van der Waals surface area contributed by atoms with Gasteiger partial charge in [-0.2, -0.15) is 4.72 Å². The molecule has 28 heavy (non-hydrogen) atoms. The Balaban J connectivity index is 1.84. The number of aromatic nitrogens is 1. The first-order valence-corrected chi connectivity index (χ1v) is 10.6. The van der Waals surface area contributed by atoms with E-state index >= 15 is 0 Å². The van der Waals surface area contributed by atoms with Crippen molar-refractivity contribution in [3.63, 3.8) is 0 Å². The number of hydrogen-bond acceptors (Lipinski definition) is 2. The zero-order valence-corrected chi connectivity index (χ0v) is 16.6. The highest BCUT2D eigenvalue weighted by Gasteiger charge is 2.25. The Kier molecular flexibility index (Phi) is 4.79. The molecule has 4 aromatic rings. The Morgan fingerprint density at radius 1 is 0.857 bits per heavy atom. The summed E-state index contributed by atoms with van der Waals surface area (Å²) < 4.78 is 31.2. The molecule has 0 radical (unpaired) electrons. The van der Waals surface area contributed by atoms with Gasteiger partial charge in [0.15, 0.2) is 0 Å². The van der Waals surface area contributed by atoms with E-state index in [1.165, 1.54) is 0 Å². The van der Waals surface area contributed by atoms with Crippen molar-refractivity contribution in [2.24, 2.45) is 7.05 Å². The van der Waals surface area contributed by atoms with Crippen LogP contribution in [0.2, 0.25) is 0 Å². The van der Waals surface area contributed by atoms with Gasteiger partial charge in [0, 0.05) is 29.7 Å². The summed E-state index contributed by atoms with van der Waals surface area (Å²) in [5.41, 5.74) is 3.91.